The second-order valence-electron chi connectivity index (χ2n) is 5.22. The van der Waals surface area contributed by atoms with Gasteiger partial charge in [-0.1, -0.05) is 30.7 Å². The van der Waals surface area contributed by atoms with Crippen molar-refractivity contribution in [2.24, 2.45) is 11.0 Å². The van der Waals surface area contributed by atoms with Gasteiger partial charge in [-0.3, -0.25) is 4.79 Å². The number of rotatable bonds is 3. The molecule has 1 fully saturated rings. The number of carbonyl (C=O) groups excluding carboxylic acids is 1. The molecule has 0 saturated heterocycles. The Morgan fingerprint density at radius 3 is 2.84 bits per heavy atom. The van der Waals surface area contributed by atoms with E-state index < -0.39 is 0 Å². The molecule has 1 saturated carbocycles. The van der Waals surface area contributed by atoms with Crippen molar-refractivity contribution in [1.29, 1.82) is 0 Å². The second-order valence-corrected chi connectivity index (χ2v) is 5.65. The molecule has 0 aromatic heterocycles. The van der Waals surface area contributed by atoms with Crippen LogP contribution in [0.1, 0.15) is 38.2 Å². The van der Waals surface area contributed by atoms with Gasteiger partial charge in [-0.25, -0.2) is 5.43 Å². The van der Waals surface area contributed by atoms with Crippen molar-refractivity contribution < 1.29 is 4.79 Å². The highest BCUT2D eigenvalue weighted by Gasteiger charge is 2.14. The summed E-state index contributed by atoms with van der Waals surface area (Å²) in [5.74, 6) is 0.605. The normalized spacial score (nSPS) is 21.4. The fourth-order valence-corrected chi connectivity index (χ4v) is 2.46. The van der Waals surface area contributed by atoms with Crippen molar-refractivity contribution in [1.82, 2.24) is 5.43 Å². The van der Waals surface area contributed by atoms with Crippen LogP contribution in [0.25, 0.3) is 0 Å². The summed E-state index contributed by atoms with van der Waals surface area (Å²) in [6.45, 7) is 2.23. The maximum absolute atomic E-state index is 11.8. The summed E-state index contributed by atoms with van der Waals surface area (Å²) in [6.07, 6.45) is 4.78. The zero-order chi connectivity index (χ0) is 13.7. The molecule has 1 aromatic rings. The first-order valence-electron chi connectivity index (χ1n) is 6.72. The molecule has 1 aliphatic rings. The minimum Gasteiger partial charge on any atom is -0.273 e. The molecule has 102 valence electrons. The SMILES string of the molecule is CC1CCC/C(=N/NC(=O)Cc2ccc(Cl)cc2)C1. The van der Waals surface area contributed by atoms with Crippen molar-refractivity contribution in [3.05, 3.63) is 34.9 Å². The van der Waals surface area contributed by atoms with E-state index in [1.54, 1.807) is 12.1 Å². The summed E-state index contributed by atoms with van der Waals surface area (Å²) in [5.41, 5.74) is 4.71. The summed E-state index contributed by atoms with van der Waals surface area (Å²) in [5, 5.41) is 4.92. The first-order valence-corrected chi connectivity index (χ1v) is 7.10. The number of hydrogen-bond donors (Lipinski definition) is 1. The van der Waals surface area contributed by atoms with Crippen molar-refractivity contribution in [3.8, 4) is 0 Å². The molecule has 1 N–H and O–H groups in total. The van der Waals surface area contributed by atoms with Gasteiger partial charge in [-0.15, -0.1) is 0 Å². The molecule has 0 heterocycles. The Morgan fingerprint density at radius 2 is 2.16 bits per heavy atom. The summed E-state index contributed by atoms with van der Waals surface area (Å²) in [4.78, 5) is 11.8. The molecule has 2 rings (SSSR count). The Morgan fingerprint density at radius 1 is 1.42 bits per heavy atom. The van der Waals surface area contributed by atoms with Crippen LogP contribution in [0.3, 0.4) is 0 Å². The number of carbonyl (C=O) groups is 1. The highest BCUT2D eigenvalue weighted by Crippen LogP contribution is 2.20. The van der Waals surface area contributed by atoms with Crippen LogP contribution >= 0.6 is 11.6 Å². The van der Waals surface area contributed by atoms with E-state index in [-0.39, 0.29) is 5.91 Å². The molecule has 1 unspecified atom stereocenters. The number of amides is 1. The van der Waals surface area contributed by atoms with Crippen molar-refractivity contribution in [2.45, 2.75) is 39.0 Å². The van der Waals surface area contributed by atoms with Crippen molar-refractivity contribution in [2.75, 3.05) is 0 Å². The van der Waals surface area contributed by atoms with Gasteiger partial charge in [0.15, 0.2) is 0 Å². The second kappa shape index (κ2) is 6.71. The molecule has 0 radical (unpaired) electrons. The third-order valence-electron chi connectivity index (χ3n) is 3.36. The van der Waals surface area contributed by atoms with E-state index in [0.29, 0.717) is 17.4 Å². The molecule has 1 aliphatic carbocycles. The molecule has 1 aromatic carbocycles. The van der Waals surface area contributed by atoms with Crippen LogP contribution in [-0.2, 0) is 11.2 Å². The average Bonchev–Trinajstić information content (AvgIpc) is 2.39. The largest absolute Gasteiger partial charge is 0.273 e. The van der Waals surface area contributed by atoms with E-state index in [4.69, 9.17) is 11.6 Å². The fourth-order valence-electron chi connectivity index (χ4n) is 2.33. The third kappa shape index (κ3) is 4.67. The Kier molecular flexibility index (Phi) is 4.97. The van der Waals surface area contributed by atoms with E-state index in [2.05, 4.69) is 17.5 Å². The van der Waals surface area contributed by atoms with E-state index in [1.165, 1.54) is 12.8 Å². The lowest BCUT2D eigenvalue weighted by Crippen LogP contribution is -2.23. The summed E-state index contributed by atoms with van der Waals surface area (Å²) < 4.78 is 0. The lowest BCUT2D eigenvalue weighted by atomic mass is 9.89. The molecule has 4 heteroatoms. The first-order chi connectivity index (χ1) is 9.13. The lowest BCUT2D eigenvalue weighted by molar-refractivity contribution is -0.120. The fraction of sp³-hybridized carbons (Fsp3) is 0.467. The van der Waals surface area contributed by atoms with Crippen LogP contribution in [0.2, 0.25) is 5.02 Å². The van der Waals surface area contributed by atoms with E-state index in [0.717, 1.165) is 24.1 Å². The molecule has 0 spiro atoms. The minimum absolute atomic E-state index is 0.0759. The van der Waals surface area contributed by atoms with Gasteiger partial charge < -0.3 is 0 Å². The number of benzene rings is 1. The van der Waals surface area contributed by atoms with Crippen LogP contribution in [0.5, 0.6) is 0 Å². The van der Waals surface area contributed by atoms with Gasteiger partial charge in [0.2, 0.25) is 5.91 Å². The van der Waals surface area contributed by atoms with E-state index in [1.807, 2.05) is 12.1 Å². The standard InChI is InChI=1S/C15H19ClN2O/c1-11-3-2-4-14(9-11)17-18-15(19)10-12-5-7-13(16)8-6-12/h5-8,11H,2-4,9-10H2,1H3,(H,18,19)/b17-14-. The van der Waals surface area contributed by atoms with Gasteiger partial charge >= 0.3 is 0 Å². The maximum atomic E-state index is 11.8. The van der Waals surface area contributed by atoms with Gasteiger partial charge in [-0.2, -0.15) is 5.10 Å². The van der Waals surface area contributed by atoms with Gasteiger partial charge in [0.05, 0.1) is 6.42 Å². The van der Waals surface area contributed by atoms with Crippen molar-refractivity contribution in [3.63, 3.8) is 0 Å². The van der Waals surface area contributed by atoms with Crippen LogP contribution in [-0.4, -0.2) is 11.6 Å². The molecule has 0 aliphatic heterocycles. The third-order valence-corrected chi connectivity index (χ3v) is 3.61. The average molecular weight is 279 g/mol. The Bertz CT molecular complexity index is 468. The van der Waals surface area contributed by atoms with Gasteiger partial charge in [0, 0.05) is 10.7 Å². The van der Waals surface area contributed by atoms with Crippen LogP contribution in [0.4, 0.5) is 0 Å². The highest BCUT2D eigenvalue weighted by molar-refractivity contribution is 6.30. The van der Waals surface area contributed by atoms with Crippen molar-refractivity contribution >= 4 is 23.2 Å². The molecule has 1 atom stereocenters. The van der Waals surface area contributed by atoms with E-state index in [9.17, 15) is 4.79 Å². The Labute approximate surface area is 119 Å². The van der Waals surface area contributed by atoms with Gasteiger partial charge in [0.1, 0.15) is 0 Å². The molecule has 3 nitrogen and oxygen atoms in total. The topological polar surface area (TPSA) is 41.5 Å². The molecule has 1 amide bonds. The zero-order valence-electron chi connectivity index (χ0n) is 11.2. The monoisotopic (exact) mass is 278 g/mol. The minimum atomic E-state index is -0.0759. The number of hydrazone groups is 1. The van der Waals surface area contributed by atoms with Gasteiger partial charge in [0.25, 0.3) is 0 Å². The zero-order valence-corrected chi connectivity index (χ0v) is 11.9. The molecular weight excluding hydrogens is 260 g/mol. The molecular formula is C15H19ClN2O. The number of hydrogen-bond acceptors (Lipinski definition) is 2. The number of nitrogens with zero attached hydrogens (tertiary/aromatic N) is 1. The summed E-state index contributed by atoms with van der Waals surface area (Å²) in [7, 11) is 0. The molecule has 0 bridgehead atoms. The lowest BCUT2D eigenvalue weighted by Gasteiger charge is -2.18. The summed E-state index contributed by atoms with van der Waals surface area (Å²) >= 11 is 5.80. The number of halogens is 1. The number of nitrogens with one attached hydrogen (secondary N) is 1. The summed E-state index contributed by atoms with van der Waals surface area (Å²) in [6, 6.07) is 7.30. The predicted octanol–water partition coefficient (Wildman–Crippen LogP) is 3.56. The van der Waals surface area contributed by atoms with Crippen LogP contribution < -0.4 is 5.43 Å². The Balaban J connectivity index is 1.84. The highest BCUT2D eigenvalue weighted by atomic mass is 35.5. The predicted molar refractivity (Wildman–Crippen MR) is 78.4 cm³/mol. The first kappa shape index (κ1) is 14.1. The van der Waals surface area contributed by atoms with Gasteiger partial charge in [-0.05, 0) is 49.3 Å². The molecule has 19 heavy (non-hydrogen) atoms. The quantitative estimate of drug-likeness (QED) is 0.844. The maximum Gasteiger partial charge on any atom is 0.244 e. The smallest absolute Gasteiger partial charge is 0.244 e. The Hall–Kier alpha value is -1.35. The van der Waals surface area contributed by atoms with Crippen LogP contribution in [0.15, 0.2) is 29.4 Å². The van der Waals surface area contributed by atoms with E-state index >= 15 is 0 Å². The van der Waals surface area contributed by atoms with Crippen LogP contribution in [0, 0.1) is 5.92 Å².